The van der Waals surface area contributed by atoms with Gasteiger partial charge in [-0.1, -0.05) is 11.6 Å². The van der Waals surface area contributed by atoms with Crippen molar-refractivity contribution < 1.29 is 28.3 Å². The summed E-state index contributed by atoms with van der Waals surface area (Å²) in [5.41, 5.74) is -1.43. The van der Waals surface area contributed by atoms with Gasteiger partial charge in [0.2, 0.25) is 0 Å². The molecule has 0 radical (unpaired) electrons. The molecular weight excluding hydrogens is 264 g/mol. The van der Waals surface area contributed by atoms with Gasteiger partial charge in [0, 0.05) is 12.1 Å². The van der Waals surface area contributed by atoms with E-state index in [-0.39, 0.29) is 0 Å². The third-order valence-electron chi connectivity index (χ3n) is 1.68. The van der Waals surface area contributed by atoms with Crippen molar-refractivity contribution in [2.45, 2.75) is 6.61 Å². The van der Waals surface area contributed by atoms with Crippen LogP contribution in [0.1, 0.15) is 10.4 Å². The normalized spacial score (nSPS) is 10.4. The Hall–Kier alpha value is -1.96. The van der Waals surface area contributed by atoms with Gasteiger partial charge in [-0.15, -0.1) is 0 Å². The summed E-state index contributed by atoms with van der Waals surface area (Å²) in [6.07, 6.45) is 0. The fraction of sp³-hybridized carbons (Fsp3) is 0.125. The van der Waals surface area contributed by atoms with Crippen molar-refractivity contribution in [2.75, 3.05) is 0 Å². The SMILES string of the molecule is O=C(O)c1cc([N+](=O)[O-])cc(Cl)c1OC(F)F. The van der Waals surface area contributed by atoms with E-state index in [9.17, 15) is 23.7 Å². The number of rotatable bonds is 4. The van der Waals surface area contributed by atoms with Gasteiger partial charge < -0.3 is 9.84 Å². The number of hydrogen-bond donors (Lipinski definition) is 1. The maximum atomic E-state index is 12.0. The first-order chi connectivity index (χ1) is 7.82. The van der Waals surface area contributed by atoms with Crippen LogP contribution in [0.15, 0.2) is 12.1 Å². The van der Waals surface area contributed by atoms with Crippen LogP contribution in [0.4, 0.5) is 14.5 Å². The summed E-state index contributed by atoms with van der Waals surface area (Å²) in [7, 11) is 0. The number of benzene rings is 1. The zero-order valence-corrected chi connectivity index (χ0v) is 8.65. The number of carbonyl (C=O) groups is 1. The minimum atomic E-state index is -3.29. The van der Waals surface area contributed by atoms with Crippen molar-refractivity contribution in [1.82, 2.24) is 0 Å². The number of halogens is 3. The molecular formula is C8H4ClF2NO5. The molecule has 0 bridgehead atoms. The number of carboxylic acids is 1. The number of aromatic carboxylic acids is 1. The average molecular weight is 268 g/mol. The van der Waals surface area contributed by atoms with Crippen molar-refractivity contribution in [1.29, 1.82) is 0 Å². The number of ether oxygens (including phenoxy) is 1. The van der Waals surface area contributed by atoms with E-state index in [1.54, 1.807) is 0 Å². The minimum Gasteiger partial charge on any atom is -0.478 e. The molecule has 1 aromatic carbocycles. The lowest BCUT2D eigenvalue weighted by Crippen LogP contribution is -2.09. The van der Waals surface area contributed by atoms with Crippen LogP contribution in [0.2, 0.25) is 5.02 Å². The summed E-state index contributed by atoms with van der Waals surface area (Å²) in [6.45, 7) is -3.29. The predicted molar refractivity (Wildman–Crippen MR) is 51.7 cm³/mol. The lowest BCUT2D eigenvalue weighted by atomic mass is 10.2. The molecule has 0 aliphatic carbocycles. The summed E-state index contributed by atoms with van der Waals surface area (Å²) in [5, 5.41) is 18.6. The molecule has 17 heavy (non-hydrogen) atoms. The lowest BCUT2D eigenvalue weighted by Gasteiger charge is -2.09. The van der Waals surface area contributed by atoms with Gasteiger partial charge in [-0.25, -0.2) is 4.79 Å². The Bertz CT molecular complexity index is 479. The van der Waals surface area contributed by atoms with Crippen molar-refractivity contribution in [3.63, 3.8) is 0 Å². The first-order valence-electron chi connectivity index (χ1n) is 3.99. The Labute approximate surface area is 97.5 Å². The van der Waals surface area contributed by atoms with E-state index >= 15 is 0 Å². The van der Waals surface area contributed by atoms with Gasteiger partial charge in [-0.2, -0.15) is 8.78 Å². The largest absolute Gasteiger partial charge is 0.478 e. The van der Waals surface area contributed by atoms with E-state index in [4.69, 9.17) is 16.7 Å². The standard InChI is InChI=1S/C8H4ClF2NO5/c9-5-2-3(12(15)16)1-4(7(13)14)6(5)17-8(10)11/h1-2,8H,(H,13,14). The lowest BCUT2D eigenvalue weighted by molar-refractivity contribution is -0.384. The minimum absolute atomic E-state index is 0.572. The monoisotopic (exact) mass is 267 g/mol. The van der Waals surface area contributed by atoms with Crippen LogP contribution >= 0.6 is 11.6 Å². The number of hydrogen-bond acceptors (Lipinski definition) is 4. The fourth-order valence-corrected chi connectivity index (χ4v) is 1.31. The molecule has 9 heteroatoms. The van der Waals surface area contributed by atoms with Crippen LogP contribution in [0.5, 0.6) is 5.75 Å². The van der Waals surface area contributed by atoms with E-state index in [1.807, 2.05) is 0 Å². The number of carboxylic acid groups (broad SMARTS) is 1. The molecule has 0 aromatic heterocycles. The van der Waals surface area contributed by atoms with Crippen molar-refractivity contribution in [3.8, 4) is 5.75 Å². The van der Waals surface area contributed by atoms with Crippen LogP contribution < -0.4 is 4.74 Å². The summed E-state index contributed by atoms with van der Waals surface area (Å²) in [6, 6.07) is 1.32. The molecule has 1 N–H and O–H groups in total. The van der Waals surface area contributed by atoms with Crippen LogP contribution in [0.3, 0.4) is 0 Å². The summed E-state index contributed by atoms with van der Waals surface area (Å²) < 4.78 is 27.9. The molecule has 1 rings (SSSR count). The number of nitro benzene ring substituents is 1. The van der Waals surface area contributed by atoms with Crippen LogP contribution in [-0.2, 0) is 0 Å². The van der Waals surface area contributed by atoms with E-state index in [1.165, 1.54) is 0 Å². The van der Waals surface area contributed by atoms with Gasteiger partial charge in [-0.3, -0.25) is 10.1 Å². The zero-order valence-electron chi connectivity index (χ0n) is 7.89. The van der Waals surface area contributed by atoms with Gasteiger partial charge in [0.25, 0.3) is 5.69 Å². The number of non-ortho nitro benzene ring substituents is 1. The van der Waals surface area contributed by atoms with Crippen LogP contribution in [0.25, 0.3) is 0 Å². The van der Waals surface area contributed by atoms with Crippen molar-refractivity contribution in [2.24, 2.45) is 0 Å². The Morgan fingerprint density at radius 2 is 2.12 bits per heavy atom. The number of alkyl halides is 2. The molecule has 0 saturated carbocycles. The highest BCUT2D eigenvalue weighted by Gasteiger charge is 2.23. The highest BCUT2D eigenvalue weighted by atomic mass is 35.5. The summed E-state index contributed by atoms with van der Waals surface area (Å²) in [5.74, 6) is -2.47. The summed E-state index contributed by atoms with van der Waals surface area (Å²) >= 11 is 5.44. The molecule has 1 aromatic rings. The Balaban J connectivity index is 3.38. The van der Waals surface area contributed by atoms with Crippen molar-refractivity contribution >= 4 is 23.3 Å². The second-order valence-corrected chi connectivity index (χ2v) is 3.15. The predicted octanol–water partition coefficient (Wildman–Crippen LogP) is 2.55. The van der Waals surface area contributed by atoms with Crippen LogP contribution in [-0.4, -0.2) is 22.6 Å². The van der Waals surface area contributed by atoms with Gasteiger partial charge >= 0.3 is 12.6 Å². The van der Waals surface area contributed by atoms with E-state index in [2.05, 4.69) is 4.74 Å². The second kappa shape index (κ2) is 4.91. The van der Waals surface area contributed by atoms with Crippen molar-refractivity contribution in [3.05, 3.63) is 32.8 Å². The number of nitro groups is 1. The topological polar surface area (TPSA) is 89.7 Å². The Kier molecular flexibility index (Phi) is 3.79. The van der Waals surface area contributed by atoms with E-state index in [0.29, 0.717) is 6.07 Å². The quantitative estimate of drug-likeness (QED) is 0.669. The second-order valence-electron chi connectivity index (χ2n) is 2.75. The fourth-order valence-electron chi connectivity index (χ4n) is 1.05. The van der Waals surface area contributed by atoms with Gasteiger partial charge in [-0.05, 0) is 0 Å². The van der Waals surface area contributed by atoms with Gasteiger partial charge in [0.15, 0.2) is 5.75 Å². The first-order valence-corrected chi connectivity index (χ1v) is 4.36. The third kappa shape index (κ3) is 3.00. The first kappa shape index (κ1) is 13.1. The molecule has 0 saturated heterocycles. The molecule has 0 amide bonds. The van der Waals surface area contributed by atoms with E-state index < -0.39 is 39.5 Å². The molecule has 6 nitrogen and oxygen atoms in total. The Morgan fingerprint density at radius 1 is 1.53 bits per heavy atom. The molecule has 0 unspecified atom stereocenters. The molecule has 0 spiro atoms. The third-order valence-corrected chi connectivity index (χ3v) is 1.96. The number of nitrogens with zero attached hydrogens (tertiary/aromatic N) is 1. The Morgan fingerprint density at radius 3 is 2.53 bits per heavy atom. The molecule has 0 aliphatic heterocycles. The molecule has 0 heterocycles. The molecule has 0 fully saturated rings. The maximum absolute atomic E-state index is 12.0. The highest BCUT2D eigenvalue weighted by molar-refractivity contribution is 6.32. The zero-order chi connectivity index (χ0) is 13.2. The average Bonchev–Trinajstić information content (AvgIpc) is 2.19. The van der Waals surface area contributed by atoms with Gasteiger partial charge in [0.1, 0.15) is 5.56 Å². The van der Waals surface area contributed by atoms with E-state index in [0.717, 1.165) is 6.07 Å². The smallest absolute Gasteiger partial charge is 0.387 e. The van der Waals surface area contributed by atoms with Crippen LogP contribution in [0, 0.1) is 10.1 Å². The highest BCUT2D eigenvalue weighted by Crippen LogP contribution is 2.34. The van der Waals surface area contributed by atoms with Gasteiger partial charge in [0.05, 0.1) is 9.95 Å². The molecule has 92 valence electrons. The maximum Gasteiger partial charge on any atom is 0.387 e. The molecule has 0 aliphatic rings. The summed E-state index contributed by atoms with van der Waals surface area (Å²) in [4.78, 5) is 20.3. The molecule has 0 atom stereocenters.